The van der Waals surface area contributed by atoms with Crippen LogP contribution in [0.4, 0.5) is 5.95 Å². The number of hydrogen-bond acceptors (Lipinski definition) is 6. The van der Waals surface area contributed by atoms with Gasteiger partial charge in [0.2, 0.25) is 11.9 Å². The second kappa shape index (κ2) is 12.9. The molecule has 4 aromatic rings. The van der Waals surface area contributed by atoms with Crippen molar-refractivity contribution in [3.63, 3.8) is 0 Å². The van der Waals surface area contributed by atoms with E-state index in [9.17, 15) is 9.59 Å². The van der Waals surface area contributed by atoms with Gasteiger partial charge in [0, 0.05) is 42.1 Å². The second-order valence-electron chi connectivity index (χ2n) is 8.50. The highest BCUT2D eigenvalue weighted by Crippen LogP contribution is 2.31. The number of aromatic nitrogens is 2. The van der Waals surface area contributed by atoms with Gasteiger partial charge >= 0.3 is 0 Å². The number of anilines is 1. The quantitative estimate of drug-likeness (QED) is 0.285. The van der Waals surface area contributed by atoms with Crippen LogP contribution in [0.5, 0.6) is 11.5 Å². The fourth-order valence-electron chi connectivity index (χ4n) is 3.95. The highest BCUT2D eigenvalue weighted by atomic mass is 35.5. The highest BCUT2D eigenvalue weighted by molar-refractivity contribution is 6.30. The van der Waals surface area contributed by atoms with Gasteiger partial charge in [-0.25, -0.2) is 4.98 Å². The molecule has 202 valence electrons. The zero-order valence-electron chi connectivity index (χ0n) is 21.9. The molecule has 1 heterocycles. The topological polar surface area (TPSA) is 94.9 Å². The SMILES string of the molecule is COCCN(CC(=O)Nc1nc(-c2ccccc2)cn1-c1ccc(OC)c(OC)c1)C(=O)c1ccc(Cl)cc1. The molecule has 0 aliphatic carbocycles. The summed E-state index contributed by atoms with van der Waals surface area (Å²) < 4.78 is 17.7. The number of amides is 2. The number of nitrogens with one attached hydrogen (secondary N) is 1. The van der Waals surface area contributed by atoms with Gasteiger partial charge in [0.05, 0.1) is 32.2 Å². The second-order valence-corrected chi connectivity index (χ2v) is 8.94. The smallest absolute Gasteiger partial charge is 0.254 e. The van der Waals surface area contributed by atoms with E-state index in [0.29, 0.717) is 33.5 Å². The molecule has 0 saturated heterocycles. The van der Waals surface area contributed by atoms with Gasteiger partial charge in [0.1, 0.15) is 6.54 Å². The lowest BCUT2D eigenvalue weighted by molar-refractivity contribution is -0.117. The van der Waals surface area contributed by atoms with E-state index >= 15 is 0 Å². The van der Waals surface area contributed by atoms with E-state index in [2.05, 4.69) is 5.32 Å². The van der Waals surface area contributed by atoms with Gasteiger partial charge < -0.3 is 19.1 Å². The molecule has 0 aliphatic heterocycles. The van der Waals surface area contributed by atoms with Gasteiger partial charge in [-0.2, -0.15) is 0 Å². The monoisotopic (exact) mass is 548 g/mol. The fraction of sp³-hybridized carbons (Fsp3) is 0.207. The molecule has 0 bridgehead atoms. The Morgan fingerprint density at radius 3 is 2.33 bits per heavy atom. The Hall–Kier alpha value is -4.34. The van der Waals surface area contributed by atoms with E-state index < -0.39 is 5.91 Å². The van der Waals surface area contributed by atoms with E-state index in [0.717, 1.165) is 5.56 Å². The predicted molar refractivity (Wildman–Crippen MR) is 150 cm³/mol. The van der Waals surface area contributed by atoms with E-state index in [4.69, 9.17) is 30.8 Å². The molecular formula is C29H29ClN4O5. The number of methoxy groups -OCH3 is 3. The van der Waals surface area contributed by atoms with Crippen LogP contribution in [0.15, 0.2) is 79.0 Å². The van der Waals surface area contributed by atoms with E-state index in [1.807, 2.05) is 42.6 Å². The van der Waals surface area contributed by atoms with Crippen molar-refractivity contribution in [3.8, 4) is 28.4 Å². The van der Waals surface area contributed by atoms with Crippen LogP contribution in [-0.2, 0) is 9.53 Å². The van der Waals surface area contributed by atoms with Crippen molar-refractivity contribution < 1.29 is 23.8 Å². The molecule has 0 unspecified atom stereocenters. The van der Waals surface area contributed by atoms with Gasteiger partial charge in [-0.3, -0.25) is 19.5 Å². The van der Waals surface area contributed by atoms with Crippen molar-refractivity contribution in [1.29, 1.82) is 0 Å². The van der Waals surface area contributed by atoms with Gasteiger partial charge in [-0.1, -0.05) is 41.9 Å². The van der Waals surface area contributed by atoms with Crippen molar-refractivity contribution in [2.24, 2.45) is 0 Å². The lowest BCUT2D eigenvalue weighted by atomic mass is 10.2. The molecule has 39 heavy (non-hydrogen) atoms. The molecule has 0 aliphatic rings. The maximum atomic E-state index is 13.3. The number of ether oxygens (including phenoxy) is 3. The molecule has 4 rings (SSSR count). The summed E-state index contributed by atoms with van der Waals surface area (Å²) in [5.41, 5.74) is 2.66. The Bertz CT molecular complexity index is 1420. The molecule has 0 fully saturated rings. The van der Waals surface area contributed by atoms with Crippen LogP contribution in [0.25, 0.3) is 16.9 Å². The van der Waals surface area contributed by atoms with Crippen LogP contribution in [0.1, 0.15) is 10.4 Å². The molecule has 3 aromatic carbocycles. The summed E-state index contributed by atoms with van der Waals surface area (Å²) in [7, 11) is 4.66. The first-order valence-corrected chi connectivity index (χ1v) is 12.5. The van der Waals surface area contributed by atoms with Crippen LogP contribution < -0.4 is 14.8 Å². The minimum absolute atomic E-state index is 0.204. The summed E-state index contributed by atoms with van der Waals surface area (Å²) in [4.78, 5) is 32.5. The molecule has 2 amide bonds. The zero-order chi connectivity index (χ0) is 27.8. The minimum Gasteiger partial charge on any atom is -0.493 e. The first-order valence-electron chi connectivity index (χ1n) is 12.1. The summed E-state index contributed by atoms with van der Waals surface area (Å²) in [6.07, 6.45) is 1.83. The number of imidazole rings is 1. The Kier molecular flexibility index (Phi) is 9.19. The first-order chi connectivity index (χ1) is 18.9. The number of halogens is 1. The molecule has 0 spiro atoms. The van der Waals surface area contributed by atoms with E-state index in [-0.39, 0.29) is 31.6 Å². The fourth-order valence-corrected chi connectivity index (χ4v) is 4.08. The van der Waals surface area contributed by atoms with Crippen molar-refractivity contribution in [2.45, 2.75) is 0 Å². The maximum Gasteiger partial charge on any atom is 0.254 e. The minimum atomic E-state index is -0.416. The Balaban J connectivity index is 1.64. The zero-order valence-corrected chi connectivity index (χ0v) is 22.6. The molecule has 10 heteroatoms. The number of benzene rings is 3. The number of carbonyl (C=O) groups excluding carboxylic acids is 2. The molecular weight excluding hydrogens is 520 g/mol. The molecule has 0 radical (unpaired) electrons. The summed E-state index contributed by atoms with van der Waals surface area (Å²) in [5.74, 6) is 0.662. The average Bonchev–Trinajstić information content (AvgIpc) is 3.38. The number of nitrogens with zero attached hydrogens (tertiary/aromatic N) is 3. The summed E-state index contributed by atoms with van der Waals surface area (Å²) in [5, 5.41) is 3.39. The third-order valence-corrected chi connectivity index (χ3v) is 6.20. The Labute approximate surface area is 231 Å². The Morgan fingerprint density at radius 1 is 0.949 bits per heavy atom. The summed E-state index contributed by atoms with van der Waals surface area (Å²) >= 11 is 5.97. The first kappa shape index (κ1) is 27.7. The maximum absolute atomic E-state index is 13.3. The standard InChI is InChI=1S/C29H29ClN4O5/c1-37-16-15-33(28(36)21-9-11-22(30)12-10-21)19-27(35)32-29-31-24(20-7-5-4-6-8-20)18-34(29)23-13-14-25(38-2)26(17-23)39-3/h4-14,17-18H,15-16,19H2,1-3H3,(H,31,32,35). The van der Waals surface area contributed by atoms with E-state index in [1.165, 1.54) is 12.0 Å². The molecule has 1 N–H and O–H groups in total. The third kappa shape index (κ3) is 6.76. The van der Waals surface area contributed by atoms with Gasteiger partial charge in [-0.15, -0.1) is 0 Å². The van der Waals surface area contributed by atoms with Crippen LogP contribution in [-0.4, -0.2) is 67.3 Å². The van der Waals surface area contributed by atoms with Gasteiger partial charge in [0.15, 0.2) is 11.5 Å². The largest absolute Gasteiger partial charge is 0.493 e. The predicted octanol–water partition coefficient (Wildman–Crippen LogP) is 4.94. The van der Waals surface area contributed by atoms with Crippen molar-refractivity contribution in [1.82, 2.24) is 14.5 Å². The third-order valence-electron chi connectivity index (χ3n) is 5.95. The number of hydrogen-bond donors (Lipinski definition) is 1. The van der Waals surface area contributed by atoms with Crippen molar-refractivity contribution in [2.75, 3.05) is 46.3 Å². The summed E-state index contributed by atoms with van der Waals surface area (Å²) in [6.45, 7) is 0.292. The van der Waals surface area contributed by atoms with Crippen LogP contribution in [0.2, 0.25) is 5.02 Å². The summed E-state index contributed by atoms with van der Waals surface area (Å²) in [6, 6.07) is 21.5. The van der Waals surface area contributed by atoms with Gasteiger partial charge in [-0.05, 0) is 36.4 Å². The molecule has 0 atom stereocenters. The highest BCUT2D eigenvalue weighted by Gasteiger charge is 2.21. The Morgan fingerprint density at radius 2 is 1.67 bits per heavy atom. The lowest BCUT2D eigenvalue weighted by Gasteiger charge is -2.22. The van der Waals surface area contributed by atoms with Crippen molar-refractivity contribution >= 4 is 29.4 Å². The normalized spacial score (nSPS) is 10.7. The number of carbonyl (C=O) groups is 2. The molecule has 1 aromatic heterocycles. The van der Waals surface area contributed by atoms with Crippen molar-refractivity contribution in [3.05, 3.63) is 89.6 Å². The molecule has 9 nitrogen and oxygen atoms in total. The number of rotatable bonds is 11. The lowest BCUT2D eigenvalue weighted by Crippen LogP contribution is -2.40. The van der Waals surface area contributed by atoms with Gasteiger partial charge in [0.25, 0.3) is 5.91 Å². The van der Waals surface area contributed by atoms with Crippen LogP contribution in [0.3, 0.4) is 0 Å². The van der Waals surface area contributed by atoms with Crippen LogP contribution >= 0.6 is 11.6 Å². The van der Waals surface area contributed by atoms with Crippen LogP contribution in [0, 0.1) is 0 Å². The van der Waals surface area contributed by atoms with E-state index in [1.54, 1.807) is 55.2 Å². The molecule has 0 saturated carbocycles. The average molecular weight is 549 g/mol.